The second-order valence-electron chi connectivity index (χ2n) is 4.51. The highest BCUT2D eigenvalue weighted by Gasteiger charge is 2.28. The minimum absolute atomic E-state index is 0.0271. The fourth-order valence-electron chi connectivity index (χ4n) is 1.89. The molecule has 1 fully saturated rings. The van der Waals surface area contributed by atoms with E-state index in [0.717, 1.165) is 24.6 Å². The zero-order valence-corrected chi connectivity index (χ0v) is 11.2. The molecule has 0 amide bonds. The minimum Gasteiger partial charge on any atom is -0.481 e. The van der Waals surface area contributed by atoms with Crippen LogP contribution in [0.2, 0.25) is 0 Å². The fourth-order valence-corrected chi connectivity index (χ4v) is 2.56. The quantitative estimate of drug-likeness (QED) is 0.807. The van der Waals surface area contributed by atoms with Crippen LogP contribution in [0.3, 0.4) is 0 Å². The molecule has 0 aliphatic heterocycles. The van der Waals surface area contributed by atoms with Crippen LogP contribution in [0.1, 0.15) is 32.6 Å². The lowest BCUT2D eigenvalue weighted by atomic mass is 9.96. The number of halogens is 1. The summed E-state index contributed by atoms with van der Waals surface area (Å²) in [6.45, 7) is 1.36. The molecule has 0 aromatic rings. The number of alkyl halides is 1. The molecule has 18 heavy (non-hydrogen) atoms. The van der Waals surface area contributed by atoms with Gasteiger partial charge in [0.1, 0.15) is 6.17 Å². The summed E-state index contributed by atoms with van der Waals surface area (Å²) in [5.74, 6) is -1.59. The van der Waals surface area contributed by atoms with E-state index in [1.54, 1.807) is 0 Å². The van der Waals surface area contributed by atoms with Gasteiger partial charge in [0.05, 0.1) is 18.6 Å². The van der Waals surface area contributed by atoms with Crippen molar-refractivity contribution >= 4 is 22.8 Å². The first-order valence-electron chi connectivity index (χ1n) is 6.12. The Morgan fingerprint density at radius 1 is 1.44 bits per heavy atom. The first-order valence-corrected chi connectivity index (χ1v) is 7.11. The molecule has 0 heterocycles. The highest BCUT2D eigenvalue weighted by molar-refractivity contribution is 8.13. The van der Waals surface area contributed by atoms with Crippen molar-refractivity contribution in [2.75, 3.05) is 12.4 Å². The molecular weight excluding hydrogens is 259 g/mol. The highest BCUT2D eigenvalue weighted by Crippen LogP contribution is 2.24. The lowest BCUT2D eigenvalue weighted by molar-refractivity contribution is -0.144. The van der Waals surface area contributed by atoms with Gasteiger partial charge in [-0.05, 0) is 12.8 Å². The average molecular weight is 278 g/mol. The van der Waals surface area contributed by atoms with Crippen LogP contribution in [0.25, 0.3) is 0 Å². The van der Waals surface area contributed by atoms with E-state index in [2.05, 4.69) is 0 Å². The minimum atomic E-state index is -1.00. The molecule has 104 valence electrons. The normalized spacial score (nSPS) is 25.7. The van der Waals surface area contributed by atoms with Crippen LogP contribution in [0.5, 0.6) is 0 Å². The number of aliphatic carboxylic acids is 1. The van der Waals surface area contributed by atoms with E-state index in [9.17, 15) is 14.0 Å². The summed E-state index contributed by atoms with van der Waals surface area (Å²) in [5, 5.41) is 8.86. The van der Waals surface area contributed by atoms with E-state index < -0.39 is 24.2 Å². The summed E-state index contributed by atoms with van der Waals surface area (Å²) in [4.78, 5) is 21.8. The maximum Gasteiger partial charge on any atom is 0.309 e. The van der Waals surface area contributed by atoms with Gasteiger partial charge in [0.25, 0.3) is 0 Å². The number of rotatable bonds is 6. The van der Waals surface area contributed by atoms with Gasteiger partial charge < -0.3 is 9.84 Å². The van der Waals surface area contributed by atoms with Gasteiger partial charge in [0.15, 0.2) is 5.12 Å². The predicted molar refractivity (Wildman–Crippen MR) is 67.4 cm³/mol. The number of hydrogen-bond donors (Lipinski definition) is 1. The molecular formula is C12H19FO4S. The lowest BCUT2D eigenvalue weighted by Crippen LogP contribution is -2.33. The zero-order valence-electron chi connectivity index (χ0n) is 10.4. The Labute approximate surface area is 110 Å². The number of ether oxygens (including phenoxy) is 1. The number of carboxylic acids is 1. The summed E-state index contributed by atoms with van der Waals surface area (Å²) in [6, 6.07) is 0. The van der Waals surface area contributed by atoms with Crippen LogP contribution in [0, 0.1) is 5.92 Å². The maximum absolute atomic E-state index is 13.5. The molecule has 0 aromatic heterocycles. The summed E-state index contributed by atoms with van der Waals surface area (Å²) in [5.41, 5.74) is 0. The van der Waals surface area contributed by atoms with Crippen molar-refractivity contribution in [1.82, 2.24) is 0 Å². The number of thioether (sulfide) groups is 1. The Morgan fingerprint density at radius 2 is 2.11 bits per heavy atom. The Hall–Kier alpha value is -0.620. The predicted octanol–water partition coefficient (Wildman–Crippen LogP) is 2.26. The molecule has 1 aliphatic carbocycles. The average Bonchev–Trinajstić information content (AvgIpc) is 2.30. The van der Waals surface area contributed by atoms with Gasteiger partial charge in [0, 0.05) is 12.7 Å². The SMILES string of the molecule is CC(=O)SCC(COC1CCCCC1F)C(=O)O. The number of hydrogen-bond acceptors (Lipinski definition) is 4. The zero-order chi connectivity index (χ0) is 13.5. The van der Waals surface area contributed by atoms with E-state index >= 15 is 0 Å². The van der Waals surface area contributed by atoms with Gasteiger partial charge in [0.2, 0.25) is 0 Å². The molecule has 0 bridgehead atoms. The van der Waals surface area contributed by atoms with Crippen molar-refractivity contribution in [2.24, 2.45) is 5.92 Å². The van der Waals surface area contributed by atoms with Gasteiger partial charge >= 0.3 is 5.97 Å². The Bertz CT molecular complexity index is 298. The molecule has 0 saturated heterocycles. The van der Waals surface area contributed by atoms with Crippen LogP contribution in [-0.2, 0) is 14.3 Å². The highest BCUT2D eigenvalue weighted by atomic mass is 32.2. The second-order valence-corrected chi connectivity index (χ2v) is 5.71. The molecule has 3 unspecified atom stereocenters. The Morgan fingerprint density at radius 3 is 2.67 bits per heavy atom. The van der Waals surface area contributed by atoms with Gasteiger partial charge in [-0.25, -0.2) is 4.39 Å². The third-order valence-corrected chi connectivity index (χ3v) is 3.95. The summed E-state index contributed by atoms with van der Waals surface area (Å²) < 4.78 is 18.9. The smallest absolute Gasteiger partial charge is 0.309 e. The second kappa shape index (κ2) is 7.74. The first kappa shape index (κ1) is 15.4. The van der Waals surface area contributed by atoms with Crippen LogP contribution < -0.4 is 0 Å². The van der Waals surface area contributed by atoms with Gasteiger partial charge in [-0.3, -0.25) is 9.59 Å². The molecule has 0 radical (unpaired) electrons. The van der Waals surface area contributed by atoms with E-state index in [4.69, 9.17) is 9.84 Å². The van der Waals surface area contributed by atoms with Crippen molar-refractivity contribution in [2.45, 2.75) is 44.9 Å². The molecule has 4 nitrogen and oxygen atoms in total. The Kier molecular flexibility index (Phi) is 6.63. The molecule has 0 aromatic carbocycles. The summed E-state index contributed by atoms with van der Waals surface area (Å²) in [6.07, 6.45) is 1.45. The standard InChI is InChI=1S/C12H19FO4S/c1-8(14)18-7-9(12(15)16)6-17-11-5-3-2-4-10(11)13/h9-11H,2-7H2,1H3,(H,15,16). The van der Waals surface area contributed by atoms with Crippen molar-refractivity contribution < 1.29 is 23.8 Å². The lowest BCUT2D eigenvalue weighted by Gasteiger charge is -2.27. The number of carbonyl (C=O) groups is 2. The van der Waals surface area contributed by atoms with Gasteiger partial charge in [-0.15, -0.1) is 0 Å². The van der Waals surface area contributed by atoms with Crippen LogP contribution in [0.15, 0.2) is 0 Å². The number of carbonyl (C=O) groups excluding carboxylic acids is 1. The van der Waals surface area contributed by atoms with Crippen molar-refractivity contribution in [3.05, 3.63) is 0 Å². The number of carboxylic acid groups (broad SMARTS) is 1. The van der Waals surface area contributed by atoms with Gasteiger partial charge in [-0.2, -0.15) is 0 Å². The molecule has 6 heteroatoms. The third kappa shape index (κ3) is 5.35. The van der Waals surface area contributed by atoms with Crippen LogP contribution in [0.4, 0.5) is 4.39 Å². The first-order chi connectivity index (χ1) is 8.50. The van der Waals surface area contributed by atoms with Crippen molar-refractivity contribution in [1.29, 1.82) is 0 Å². The van der Waals surface area contributed by atoms with E-state index in [-0.39, 0.29) is 17.5 Å². The topological polar surface area (TPSA) is 63.6 Å². The molecule has 1 rings (SSSR count). The van der Waals surface area contributed by atoms with Crippen molar-refractivity contribution in [3.63, 3.8) is 0 Å². The third-order valence-electron chi connectivity index (χ3n) is 2.97. The molecule has 1 N–H and O–H groups in total. The van der Waals surface area contributed by atoms with Gasteiger partial charge in [-0.1, -0.05) is 24.6 Å². The molecule has 1 aliphatic rings. The Balaban J connectivity index is 2.36. The molecule has 0 spiro atoms. The fraction of sp³-hybridized carbons (Fsp3) is 0.833. The van der Waals surface area contributed by atoms with E-state index in [1.165, 1.54) is 6.92 Å². The van der Waals surface area contributed by atoms with E-state index in [1.807, 2.05) is 0 Å². The monoisotopic (exact) mass is 278 g/mol. The summed E-state index contributed by atoms with van der Waals surface area (Å²) >= 11 is 0.962. The van der Waals surface area contributed by atoms with Crippen LogP contribution >= 0.6 is 11.8 Å². The maximum atomic E-state index is 13.5. The molecule has 3 atom stereocenters. The summed E-state index contributed by atoms with van der Waals surface area (Å²) in [7, 11) is 0. The van der Waals surface area contributed by atoms with Crippen LogP contribution in [-0.4, -0.2) is 40.8 Å². The van der Waals surface area contributed by atoms with Crippen molar-refractivity contribution in [3.8, 4) is 0 Å². The largest absolute Gasteiger partial charge is 0.481 e. The van der Waals surface area contributed by atoms with E-state index in [0.29, 0.717) is 12.8 Å². The molecule has 1 saturated carbocycles.